The molecule has 0 saturated heterocycles. The van der Waals surface area contributed by atoms with Crippen molar-refractivity contribution in [1.29, 1.82) is 0 Å². The number of allylic oxidation sites excluding steroid dienone is 2. The standard InChI is InChI=1S/C14H20O2/c1-14(6-2-3-7-14)16-13(15)12-9-10-4-5-11(12)8-10/h4-5,10-12H,2-3,6-9H2,1H3/t10-,11-,12-/m0/s1. The summed E-state index contributed by atoms with van der Waals surface area (Å²) in [6.45, 7) is 2.10. The Labute approximate surface area is 97.1 Å². The second-order valence-electron chi connectivity index (χ2n) is 5.96. The quantitative estimate of drug-likeness (QED) is 0.528. The van der Waals surface area contributed by atoms with Gasteiger partial charge < -0.3 is 4.74 Å². The molecule has 0 heterocycles. The topological polar surface area (TPSA) is 26.3 Å². The van der Waals surface area contributed by atoms with Gasteiger partial charge in [-0.05, 0) is 57.3 Å². The van der Waals surface area contributed by atoms with Crippen molar-refractivity contribution in [3.63, 3.8) is 0 Å². The molecule has 0 aromatic carbocycles. The van der Waals surface area contributed by atoms with Crippen molar-refractivity contribution < 1.29 is 9.53 Å². The Morgan fingerprint density at radius 3 is 2.56 bits per heavy atom. The second kappa shape index (κ2) is 3.61. The lowest BCUT2D eigenvalue weighted by Crippen LogP contribution is -2.33. The Kier molecular flexibility index (Phi) is 2.34. The largest absolute Gasteiger partial charge is 0.459 e. The number of esters is 1. The third-order valence-electron chi connectivity index (χ3n) is 4.59. The predicted octanol–water partition coefficient (Wildman–Crippen LogP) is 3.07. The minimum atomic E-state index is -0.150. The third-order valence-corrected chi connectivity index (χ3v) is 4.59. The third kappa shape index (κ3) is 1.68. The van der Waals surface area contributed by atoms with E-state index in [1.165, 1.54) is 19.3 Å². The number of hydrogen-bond donors (Lipinski definition) is 0. The normalized spacial score (nSPS) is 39.2. The van der Waals surface area contributed by atoms with Crippen LogP contribution in [0.15, 0.2) is 12.2 Å². The van der Waals surface area contributed by atoms with Crippen molar-refractivity contribution in [1.82, 2.24) is 0 Å². The molecule has 0 aromatic heterocycles. The van der Waals surface area contributed by atoms with E-state index in [0.29, 0.717) is 11.8 Å². The zero-order valence-electron chi connectivity index (χ0n) is 9.95. The first-order chi connectivity index (χ1) is 7.66. The molecule has 2 bridgehead atoms. The molecule has 3 rings (SSSR count). The summed E-state index contributed by atoms with van der Waals surface area (Å²) in [7, 11) is 0. The van der Waals surface area contributed by atoms with Gasteiger partial charge in [0.25, 0.3) is 0 Å². The van der Waals surface area contributed by atoms with Crippen LogP contribution >= 0.6 is 0 Å². The van der Waals surface area contributed by atoms with Gasteiger partial charge in [-0.15, -0.1) is 0 Å². The number of carbonyl (C=O) groups is 1. The number of rotatable bonds is 2. The Hall–Kier alpha value is -0.790. The molecule has 2 saturated carbocycles. The van der Waals surface area contributed by atoms with Crippen LogP contribution in [0.25, 0.3) is 0 Å². The van der Waals surface area contributed by atoms with Crippen LogP contribution in [0.4, 0.5) is 0 Å². The summed E-state index contributed by atoms with van der Waals surface area (Å²) in [6, 6.07) is 0. The van der Waals surface area contributed by atoms with E-state index in [2.05, 4.69) is 19.1 Å². The molecular weight excluding hydrogens is 200 g/mol. The van der Waals surface area contributed by atoms with Gasteiger partial charge in [0.15, 0.2) is 0 Å². The number of ether oxygens (including phenoxy) is 1. The molecule has 0 amide bonds. The Morgan fingerprint density at radius 2 is 2.00 bits per heavy atom. The van der Waals surface area contributed by atoms with E-state index in [9.17, 15) is 4.79 Å². The Morgan fingerprint density at radius 1 is 1.25 bits per heavy atom. The highest BCUT2D eigenvalue weighted by atomic mass is 16.6. The fourth-order valence-electron chi connectivity index (χ4n) is 3.60. The molecule has 0 unspecified atom stereocenters. The Balaban J connectivity index is 1.63. The van der Waals surface area contributed by atoms with E-state index in [4.69, 9.17) is 4.74 Å². The van der Waals surface area contributed by atoms with Gasteiger partial charge in [0.1, 0.15) is 5.60 Å². The predicted molar refractivity (Wildman–Crippen MR) is 61.8 cm³/mol. The van der Waals surface area contributed by atoms with E-state index < -0.39 is 0 Å². The minimum absolute atomic E-state index is 0.0706. The molecule has 2 heteroatoms. The number of hydrogen-bond acceptors (Lipinski definition) is 2. The van der Waals surface area contributed by atoms with E-state index in [1.54, 1.807) is 0 Å². The molecule has 88 valence electrons. The van der Waals surface area contributed by atoms with E-state index >= 15 is 0 Å². The van der Waals surface area contributed by atoms with Gasteiger partial charge in [0.2, 0.25) is 0 Å². The zero-order valence-corrected chi connectivity index (χ0v) is 9.95. The maximum absolute atomic E-state index is 12.1. The molecule has 3 atom stereocenters. The first-order valence-electron chi connectivity index (χ1n) is 6.57. The summed E-state index contributed by atoms with van der Waals surface area (Å²) < 4.78 is 5.76. The number of fused-ring (bicyclic) bond motifs is 2. The molecule has 0 aliphatic heterocycles. The Bertz CT molecular complexity index is 326. The van der Waals surface area contributed by atoms with Gasteiger partial charge in [-0.25, -0.2) is 0 Å². The minimum Gasteiger partial charge on any atom is -0.459 e. The lowest BCUT2D eigenvalue weighted by atomic mass is 9.93. The molecule has 3 aliphatic rings. The fourth-order valence-corrected chi connectivity index (χ4v) is 3.60. The van der Waals surface area contributed by atoms with Crippen LogP contribution in [0, 0.1) is 17.8 Å². The average molecular weight is 220 g/mol. The van der Waals surface area contributed by atoms with Crippen LogP contribution in [0.3, 0.4) is 0 Å². The SMILES string of the molecule is CC1(OC(=O)[C@H]2C[C@H]3C=C[C@H]2C3)CCCC1. The molecule has 0 N–H and O–H groups in total. The van der Waals surface area contributed by atoms with Gasteiger partial charge in [0.05, 0.1) is 5.92 Å². The van der Waals surface area contributed by atoms with Gasteiger partial charge in [0, 0.05) is 0 Å². The summed E-state index contributed by atoms with van der Waals surface area (Å²) in [5.41, 5.74) is -0.150. The molecular formula is C14H20O2. The highest BCUT2D eigenvalue weighted by Gasteiger charge is 2.43. The molecule has 0 aromatic rings. The average Bonchev–Trinajstić information content (AvgIpc) is 2.92. The van der Waals surface area contributed by atoms with Crippen LogP contribution in [-0.2, 0) is 9.53 Å². The molecule has 0 spiro atoms. The summed E-state index contributed by atoms with van der Waals surface area (Å²) in [5, 5.41) is 0. The van der Waals surface area contributed by atoms with Crippen LogP contribution < -0.4 is 0 Å². The summed E-state index contributed by atoms with van der Waals surface area (Å²) in [6.07, 6.45) is 11.2. The van der Waals surface area contributed by atoms with E-state index in [0.717, 1.165) is 19.3 Å². The smallest absolute Gasteiger partial charge is 0.310 e. The molecule has 0 radical (unpaired) electrons. The van der Waals surface area contributed by atoms with Crippen LogP contribution in [0.1, 0.15) is 45.4 Å². The van der Waals surface area contributed by atoms with Crippen molar-refractivity contribution in [2.45, 2.75) is 51.0 Å². The number of carbonyl (C=O) groups excluding carboxylic acids is 1. The first kappa shape index (κ1) is 10.4. The maximum Gasteiger partial charge on any atom is 0.310 e. The van der Waals surface area contributed by atoms with Gasteiger partial charge in [-0.3, -0.25) is 4.79 Å². The highest BCUT2D eigenvalue weighted by molar-refractivity contribution is 5.74. The lowest BCUT2D eigenvalue weighted by Gasteiger charge is -2.27. The van der Waals surface area contributed by atoms with Crippen molar-refractivity contribution in [2.75, 3.05) is 0 Å². The van der Waals surface area contributed by atoms with Gasteiger partial charge >= 0.3 is 5.97 Å². The van der Waals surface area contributed by atoms with Gasteiger partial charge in [-0.1, -0.05) is 12.2 Å². The monoisotopic (exact) mass is 220 g/mol. The lowest BCUT2D eigenvalue weighted by molar-refractivity contribution is -0.163. The fraction of sp³-hybridized carbons (Fsp3) is 0.786. The van der Waals surface area contributed by atoms with Crippen LogP contribution in [-0.4, -0.2) is 11.6 Å². The van der Waals surface area contributed by atoms with E-state index in [-0.39, 0.29) is 17.5 Å². The maximum atomic E-state index is 12.1. The second-order valence-corrected chi connectivity index (χ2v) is 5.96. The molecule has 2 nitrogen and oxygen atoms in total. The highest BCUT2D eigenvalue weighted by Crippen LogP contribution is 2.45. The zero-order chi connectivity index (χ0) is 11.2. The van der Waals surface area contributed by atoms with Crippen molar-refractivity contribution >= 4 is 5.97 Å². The van der Waals surface area contributed by atoms with Crippen LogP contribution in [0.5, 0.6) is 0 Å². The first-order valence-corrected chi connectivity index (χ1v) is 6.57. The summed E-state index contributed by atoms with van der Waals surface area (Å²) in [4.78, 5) is 12.1. The molecule has 16 heavy (non-hydrogen) atoms. The van der Waals surface area contributed by atoms with Crippen molar-refractivity contribution in [3.8, 4) is 0 Å². The van der Waals surface area contributed by atoms with Crippen molar-refractivity contribution in [2.24, 2.45) is 17.8 Å². The summed E-state index contributed by atoms with van der Waals surface area (Å²) in [5.74, 6) is 1.36. The molecule has 3 aliphatic carbocycles. The van der Waals surface area contributed by atoms with Crippen molar-refractivity contribution in [3.05, 3.63) is 12.2 Å². The van der Waals surface area contributed by atoms with Crippen LogP contribution in [0.2, 0.25) is 0 Å². The summed E-state index contributed by atoms with van der Waals surface area (Å²) >= 11 is 0. The van der Waals surface area contributed by atoms with Gasteiger partial charge in [-0.2, -0.15) is 0 Å². The van der Waals surface area contributed by atoms with E-state index in [1.807, 2.05) is 0 Å². The molecule has 2 fully saturated rings.